The van der Waals surface area contributed by atoms with Crippen LogP contribution in [0.5, 0.6) is 0 Å². The molecule has 0 spiro atoms. The third kappa shape index (κ3) is 5.33. The number of nitrogens with one attached hydrogen (secondary N) is 2. The number of hydrogen-bond acceptors (Lipinski definition) is 6. The summed E-state index contributed by atoms with van der Waals surface area (Å²) in [6, 6.07) is 9.24. The van der Waals surface area contributed by atoms with E-state index >= 15 is 0 Å². The second-order valence-electron chi connectivity index (χ2n) is 7.61. The minimum atomic E-state index is -3.38. The van der Waals surface area contributed by atoms with Crippen LogP contribution < -0.4 is 10.0 Å². The topological polar surface area (TPSA) is 108 Å². The highest BCUT2D eigenvalue weighted by atomic mass is 32.2. The van der Waals surface area contributed by atoms with Gasteiger partial charge in [0.1, 0.15) is 4.87 Å². The molecule has 1 unspecified atom stereocenters. The third-order valence-corrected chi connectivity index (χ3v) is 6.11. The molecule has 1 aliphatic rings. The third-order valence-electron chi connectivity index (χ3n) is 4.05. The van der Waals surface area contributed by atoms with E-state index in [9.17, 15) is 18.0 Å². The molecule has 2 rings (SSSR count). The molecule has 1 aromatic carbocycles. The van der Waals surface area contributed by atoms with Crippen molar-refractivity contribution < 1.29 is 18.0 Å². The molecule has 0 fully saturated rings. The van der Waals surface area contributed by atoms with Gasteiger partial charge >= 0.3 is 0 Å². The summed E-state index contributed by atoms with van der Waals surface area (Å²) >= 11 is 1.23. The number of hydrogen-bond donors (Lipinski definition) is 2. The van der Waals surface area contributed by atoms with E-state index in [1.54, 1.807) is 20.8 Å². The monoisotopic (exact) mass is 426 g/mol. The van der Waals surface area contributed by atoms with Gasteiger partial charge in [0, 0.05) is 25.3 Å². The van der Waals surface area contributed by atoms with Crippen LogP contribution in [0.1, 0.15) is 39.7 Å². The summed E-state index contributed by atoms with van der Waals surface area (Å²) in [6.07, 6.45) is 1.35. The smallest absolute Gasteiger partial charge is 0.241 e. The molecule has 0 saturated heterocycles. The van der Waals surface area contributed by atoms with Crippen molar-refractivity contribution in [2.75, 3.05) is 12.8 Å². The van der Waals surface area contributed by atoms with Gasteiger partial charge in [0.05, 0.1) is 6.26 Å². The number of benzene rings is 1. The largest absolute Gasteiger partial charge is 0.303 e. The number of nitrogens with zero attached hydrogens (tertiary/aromatic N) is 2. The Bertz CT molecular complexity index is 879. The van der Waals surface area contributed by atoms with Gasteiger partial charge in [0.25, 0.3) is 0 Å². The van der Waals surface area contributed by atoms with E-state index in [0.717, 1.165) is 11.8 Å². The van der Waals surface area contributed by atoms with E-state index in [0.29, 0.717) is 5.17 Å². The summed E-state index contributed by atoms with van der Waals surface area (Å²) in [6.45, 7) is 6.85. The fourth-order valence-corrected chi connectivity index (χ4v) is 4.41. The first-order chi connectivity index (χ1) is 12.8. The zero-order chi connectivity index (χ0) is 21.2. The van der Waals surface area contributed by atoms with Crippen LogP contribution in [0, 0.1) is 5.41 Å². The average molecular weight is 427 g/mol. The van der Waals surface area contributed by atoms with Crippen molar-refractivity contribution in [3.05, 3.63) is 35.9 Å². The molecular weight excluding hydrogens is 400 g/mol. The van der Waals surface area contributed by atoms with Crippen molar-refractivity contribution in [3.63, 3.8) is 0 Å². The Morgan fingerprint density at radius 3 is 2.32 bits per heavy atom. The first kappa shape index (κ1) is 22.4. The lowest BCUT2D eigenvalue weighted by Gasteiger charge is -2.35. The first-order valence-electron chi connectivity index (χ1n) is 8.75. The van der Waals surface area contributed by atoms with Gasteiger partial charge in [0.15, 0.2) is 5.17 Å². The molecule has 0 aromatic heterocycles. The van der Waals surface area contributed by atoms with Gasteiger partial charge in [-0.1, -0.05) is 62.9 Å². The Labute approximate surface area is 170 Å². The molecule has 154 valence electrons. The predicted molar refractivity (Wildman–Crippen MR) is 111 cm³/mol. The summed E-state index contributed by atoms with van der Waals surface area (Å²) in [5.41, 5.74) is 0.161. The highest BCUT2D eigenvalue weighted by molar-refractivity contribution is 8.14. The zero-order valence-electron chi connectivity index (χ0n) is 16.6. The summed E-state index contributed by atoms with van der Waals surface area (Å²) in [5, 5.41) is 8.74. The van der Waals surface area contributed by atoms with Crippen molar-refractivity contribution in [2.45, 2.75) is 39.0 Å². The standard InChI is InChI=1S/C18H26N4O4S2/c1-13(23)22-18(11-12-19-28(5,25)26,14-9-7-6-8-10-14)27-16(21-22)20-15(24)17(2,3)4/h6-10,19H,11-12H2,1-5H3,(H,20,21,24). The number of rotatable bonds is 5. The molecule has 1 aromatic rings. The number of carbonyl (C=O) groups excluding carboxylic acids is 2. The molecule has 10 heteroatoms. The maximum Gasteiger partial charge on any atom is 0.241 e. The Morgan fingerprint density at radius 1 is 1.21 bits per heavy atom. The fourth-order valence-electron chi connectivity index (χ4n) is 2.64. The molecular formula is C18H26N4O4S2. The molecule has 0 aliphatic carbocycles. The molecule has 1 heterocycles. The van der Waals surface area contributed by atoms with Crippen LogP contribution >= 0.6 is 11.8 Å². The normalized spacial score (nSPS) is 20.0. The lowest BCUT2D eigenvalue weighted by atomic mass is 9.96. The Hall–Kier alpha value is -1.91. The molecule has 0 radical (unpaired) electrons. The second kappa shape index (κ2) is 8.22. The highest BCUT2D eigenvalue weighted by Gasteiger charge is 2.48. The Kier molecular flexibility index (Phi) is 6.57. The quantitative estimate of drug-likeness (QED) is 0.747. The number of carbonyl (C=O) groups is 2. The van der Waals surface area contributed by atoms with Crippen LogP contribution in [0.3, 0.4) is 0 Å². The molecule has 1 aliphatic heterocycles. The van der Waals surface area contributed by atoms with Crippen LogP contribution in [-0.4, -0.2) is 43.2 Å². The van der Waals surface area contributed by atoms with Gasteiger partial charge in [-0.2, -0.15) is 0 Å². The van der Waals surface area contributed by atoms with Crippen LogP contribution in [0.25, 0.3) is 0 Å². The van der Waals surface area contributed by atoms with E-state index in [4.69, 9.17) is 0 Å². The zero-order valence-corrected chi connectivity index (χ0v) is 18.3. The molecule has 1 atom stereocenters. The lowest BCUT2D eigenvalue weighted by Crippen LogP contribution is -2.43. The molecule has 0 saturated carbocycles. The molecule has 2 amide bonds. The van der Waals surface area contributed by atoms with Crippen LogP contribution in [0.2, 0.25) is 0 Å². The summed E-state index contributed by atoms with van der Waals surface area (Å²) < 4.78 is 25.5. The number of amidine groups is 1. The fraction of sp³-hybridized carbons (Fsp3) is 0.500. The SMILES string of the molecule is CC(=O)N1N=C(NC(=O)C(C)(C)C)SC1(CCNS(C)(=O)=O)c1ccccc1. The maximum absolute atomic E-state index is 12.4. The van der Waals surface area contributed by atoms with Crippen molar-refractivity contribution in [1.29, 1.82) is 0 Å². The number of hydrazone groups is 1. The van der Waals surface area contributed by atoms with Crippen LogP contribution in [0.4, 0.5) is 0 Å². The predicted octanol–water partition coefficient (Wildman–Crippen LogP) is 1.81. The van der Waals surface area contributed by atoms with E-state index in [-0.39, 0.29) is 24.8 Å². The number of sulfonamides is 1. The Balaban J connectivity index is 2.39. The second-order valence-corrected chi connectivity index (χ2v) is 10.7. The van der Waals surface area contributed by atoms with E-state index in [2.05, 4.69) is 15.1 Å². The van der Waals surface area contributed by atoms with Crippen molar-refractivity contribution in [1.82, 2.24) is 15.0 Å². The van der Waals surface area contributed by atoms with Gasteiger partial charge in [-0.15, -0.1) is 5.10 Å². The first-order valence-corrected chi connectivity index (χ1v) is 11.5. The highest BCUT2D eigenvalue weighted by Crippen LogP contribution is 2.47. The minimum Gasteiger partial charge on any atom is -0.303 e. The lowest BCUT2D eigenvalue weighted by molar-refractivity contribution is -0.132. The van der Waals surface area contributed by atoms with Crippen molar-refractivity contribution in [3.8, 4) is 0 Å². The molecule has 2 N–H and O–H groups in total. The van der Waals surface area contributed by atoms with Gasteiger partial charge in [-0.25, -0.2) is 18.1 Å². The van der Waals surface area contributed by atoms with E-state index in [1.807, 2.05) is 30.3 Å². The molecule has 0 bridgehead atoms. The van der Waals surface area contributed by atoms with Crippen molar-refractivity contribution in [2.24, 2.45) is 10.5 Å². The molecule has 8 nitrogen and oxygen atoms in total. The summed E-state index contributed by atoms with van der Waals surface area (Å²) in [7, 11) is -3.38. The maximum atomic E-state index is 12.4. The van der Waals surface area contributed by atoms with Gasteiger partial charge < -0.3 is 5.32 Å². The van der Waals surface area contributed by atoms with Gasteiger partial charge in [0.2, 0.25) is 21.8 Å². The average Bonchev–Trinajstić information content (AvgIpc) is 2.93. The van der Waals surface area contributed by atoms with Crippen LogP contribution in [-0.2, 0) is 24.5 Å². The summed E-state index contributed by atoms with van der Waals surface area (Å²) in [5.74, 6) is -0.531. The minimum absolute atomic E-state index is 0.112. The van der Waals surface area contributed by atoms with Crippen molar-refractivity contribution >= 4 is 38.8 Å². The van der Waals surface area contributed by atoms with Crippen LogP contribution in [0.15, 0.2) is 35.4 Å². The Morgan fingerprint density at radius 2 is 1.82 bits per heavy atom. The van der Waals surface area contributed by atoms with Gasteiger partial charge in [-0.05, 0) is 5.56 Å². The van der Waals surface area contributed by atoms with E-state index in [1.165, 1.54) is 23.7 Å². The summed E-state index contributed by atoms with van der Waals surface area (Å²) in [4.78, 5) is 23.8. The molecule has 28 heavy (non-hydrogen) atoms. The van der Waals surface area contributed by atoms with E-state index < -0.39 is 20.3 Å². The number of thioether (sulfide) groups is 1. The van der Waals surface area contributed by atoms with Gasteiger partial charge in [-0.3, -0.25) is 9.59 Å². The number of amides is 2.